The molecule has 0 bridgehead atoms. The number of amides is 1. The van der Waals surface area contributed by atoms with Crippen LogP contribution in [0, 0.1) is 0 Å². The van der Waals surface area contributed by atoms with Crippen LogP contribution in [0.3, 0.4) is 0 Å². The molecule has 1 amide bonds. The standard InChI is InChI=1S/C13H23N5O/c1-13(2,3)18-10-11(15-16-18)8-14-9-12(19)17-6-4-5-7-17/h10,14H,4-9H2,1-3H3. The quantitative estimate of drug-likeness (QED) is 0.872. The van der Waals surface area contributed by atoms with E-state index in [4.69, 9.17) is 0 Å². The van der Waals surface area contributed by atoms with Crippen molar-refractivity contribution in [3.8, 4) is 0 Å². The minimum atomic E-state index is -0.0589. The highest BCUT2D eigenvalue weighted by Crippen LogP contribution is 2.11. The number of likely N-dealkylation sites (tertiary alicyclic amines) is 1. The van der Waals surface area contributed by atoms with Crippen LogP contribution in [0.1, 0.15) is 39.3 Å². The van der Waals surface area contributed by atoms with Gasteiger partial charge in [-0.05, 0) is 33.6 Å². The number of rotatable bonds is 4. The summed E-state index contributed by atoms with van der Waals surface area (Å²) in [5.74, 6) is 0.181. The van der Waals surface area contributed by atoms with Crippen LogP contribution < -0.4 is 5.32 Å². The van der Waals surface area contributed by atoms with Gasteiger partial charge in [-0.15, -0.1) is 5.10 Å². The second kappa shape index (κ2) is 5.69. The Morgan fingerprint density at radius 3 is 2.63 bits per heavy atom. The molecule has 1 saturated heterocycles. The maximum Gasteiger partial charge on any atom is 0.236 e. The largest absolute Gasteiger partial charge is 0.342 e. The first-order valence-electron chi connectivity index (χ1n) is 6.87. The van der Waals surface area contributed by atoms with Crippen LogP contribution in [0.2, 0.25) is 0 Å². The predicted octanol–water partition coefficient (Wildman–Crippen LogP) is 0.745. The molecule has 2 heterocycles. The third-order valence-electron chi connectivity index (χ3n) is 3.27. The van der Waals surface area contributed by atoms with Gasteiger partial charge in [0.2, 0.25) is 5.91 Å². The van der Waals surface area contributed by atoms with Crippen LogP contribution in [0.15, 0.2) is 6.20 Å². The maximum atomic E-state index is 11.8. The highest BCUT2D eigenvalue weighted by Gasteiger charge is 2.18. The zero-order valence-electron chi connectivity index (χ0n) is 12.0. The van der Waals surface area contributed by atoms with Crippen molar-refractivity contribution in [3.05, 3.63) is 11.9 Å². The fourth-order valence-electron chi connectivity index (χ4n) is 2.08. The summed E-state index contributed by atoms with van der Waals surface area (Å²) < 4.78 is 1.84. The van der Waals surface area contributed by atoms with Crippen molar-refractivity contribution in [2.24, 2.45) is 0 Å². The molecule has 1 N–H and O–H groups in total. The highest BCUT2D eigenvalue weighted by molar-refractivity contribution is 5.78. The van der Waals surface area contributed by atoms with Gasteiger partial charge in [-0.1, -0.05) is 5.21 Å². The Balaban J connectivity index is 1.76. The third-order valence-corrected chi connectivity index (χ3v) is 3.27. The summed E-state index contributed by atoms with van der Waals surface area (Å²) in [6.07, 6.45) is 4.19. The molecule has 106 valence electrons. The van der Waals surface area contributed by atoms with Crippen LogP contribution in [-0.2, 0) is 16.9 Å². The van der Waals surface area contributed by atoms with E-state index in [1.165, 1.54) is 0 Å². The SMILES string of the molecule is CC(C)(C)n1cc(CNCC(=O)N2CCCC2)nn1. The number of carbonyl (C=O) groups is 1. The first kappa shape index (κ1) is 14.0. The van der Waals surface area contributed by atoms with Gasteiger partial charge in [-0.2, -0.15) is 0 Å². The van der Waals surface area contributed by atoms with Crippen molar-refractivity contribution >= 4 is 5.91 Å². The molecule has 1 aliphatic rings. The van der Waals surface area contributed by atoms with Crippen LogP contribution in [0.4, 0.5) is 0 Å². The van der Waals surface area contributed by atoms with E-state index in [1.807, 2.05) is 15.8 Å². The lowest BCUT2D eigenvalue weighted by atomic mass is 10.1. The molecule has 19 heavy (non-hydrogen) atoms. The van der Waals surface area contributed by atoms with Crippen molar-refractivity contribution < 1.29 is 4.79 Å². The number of hydrogen-bond acceptors (Lipinski definition) is 4. The maximum absolute atomic E-state index is 11.8. The Bertz CT molecular complexity index is 428. The summed E-state index contributed by atoms with van der Waals surface area (Å²) in [5.41, 5.74) is 0.806. The molecule has 0 spiro atoms. The number of nitrogens with zero attached hydrogens (tertiary/aromatic N) is 4. The van der Waals surface area contributed by atoms with Gasteiger partial charge in [-0.3, -0.25) is 4.79 Å². The molecule has 1 aromatic heterocycles. The molecule has 1 aliphatic heterocycles. The molecule has 0 atom stereocenters. The summed E-state index contributed by atoms with van der Waals surface area (Å²) in [5, 5.41) is 11.3. The van der Waals surface area contributed by atoms with Gasteiger partial charge in [0.1, 0.15) is 0 Å². The van der Waals surface area contributed by atoms with Crippen LogP contribution >= 0.6 is 0 Å². The Hall–Kier alpha value is -1.43. The van der Waals surface area contributed by atoms with Crippen molar-refractivity contribution in [1.29, 1.82) is 0 Å². The summed E-state index contributed by atoms with van der Waals surface area (Å²) in [6, 6.07) is 0. The first-order valence-corrected chi connectivity index (χ1v) is 6.87. The van der Waals surface area contributed by atoms with Gasteiger partial charge < -0.3 is 10.2 Å². The Morgan fingerprint density at radius 2 is 2.05 bits per heavy atom. The molecule has 0 saturated carbocycles. The number of aromatic nitrogens is 3. The minimum Gasteiger partial charge on any atom is -0.342 e. The van der Waals surface area contributed by atoms with Crippen LogP contribution in [-0.4, -0.2) is 45.4 Å². The predicted molar refractivity (Wildman–Crippen MR) is 72.5 cm³/mol. The second-order valence-electron chi connectivity index (χ2n) is 6.02. The molecule has 6 nitrogen and oxygen atoms in total. The number of hydrogen-bond donors (Lipinski definition) is 1. The Labute approximate surface area is 114 Å². The van der Waals surface area contributed by atoms with Gasteiger partial charge in [0.25, 0.3) is 0 Å². The lowest BCUT2D eigenvalue weighted by molar-refractivity contribution is -0.129. The first-order chi connectivity index (χ1) is 8.97. The molecule has 0 aromatic carbocycles. The Kier molecular flexibility index (Phi) is 4.19. The highest BCUT2D eigenvalue weighted by atomic mass is 16.2. The van der Waals surface area contributed by atoms with Crippen molar-refractivity contribution in [2.45, 2.75) is 45.7 Å². The molecule has 0 aliphatic carbocycles. The zero-order valence-corrected chi connectivity index (χ0v) is 12.0. The van der Waals surface area contributed by atoms with Crippen molar-refractivity contribution in [1.82, 2.24) is 25.2 Å². The van der Waals surface area contributed by atoms with Gasteiger partial charge in [0, 0.05) is 19.6 Å². The van der Waals surface area contributed by atoms with Gasteiger partial charge in [-0.25, -0.2) is 4.68 Å². The molecule has 0 radical (unpaired) electrons. The van der Waals surface area contributed by atoms with Gasteiger partial charge in [0.15, 0.2) is 0 Å². The van der Waals surface area contributed by atoms with E-state index >= 15 is 0 Å². The van der Waals surface area contributed by atoms with Crippen molar-refractivity contribution in [2.75, 3.05) is 19.6 Å². The minimum absolute atomic E-state index is 0.0589. The summed E-state index contributed by atoms with van der Waals surface area (Å²) >= 11 is 0. The van der Waals surface area contributed by atoms with E-state index in [0.29, 0.717) is 13.1 Å². The molecular formula is C13H23N5O. The normalized spacial score (nSPS) is 16.1. The average molecular weight is 265 g/mol. The molecule has 1 fully saturated rings. The lowest BCUT2D eigenvalue weighted by Gasteiger charge is -2.17. The van der Waals surface area contributed by atoms with Gasteiger partial charge in [0.05, 0.1) is 24.0 Å². The third kappa shape index (κ3) is 3.76. The lowest BCUT2D eigenvalue weighted by Crippen LogP contribution is -2.36. The summed E-state index contributed by atoms with van der Waals surface area (Å²) in [6.45, 7) is 9.00. The molecule has 1 aromatic rings. The Morgan fingerprint density at radius 1 is 1.37 bits per heavy atom. The fraction of sp³-hybridized carbons (Fsp3) is 0.769. The molecule has 2 rings (SSSR count). The van der Waals surface area contributed by atoms with E-state index in [1.54, 1.807) is 0 Å². The van der Waals surface area contributed by atoms with Crippen molar-refractivity contribution in [3.63, 3.8) is 0 Å². The van der Waals surface area contributed by atoms with E-state index in [0.717, 1.165) is 31.6 Å². The summed E-state index contributed by atoms with van der Waals surface area (Å²) in [7, 11) is 0. The van der Waals surface area contributed by atoms with Crippen LogP contribution in [0.5, 0.6) is 0 Å². The monoisotopic (exact) mass is 265 g/mol. The molecule has 0 unspecified atom stereocenters. The fourth-order valence-corrected chi connectivity index (χ4v) is 2.08. The molecular weight excluding hydrogens is 242 g/mol. The smallest absolute Gasteiger partial charge is 0.236 e. The number of carbonyl (C=O) groups excluding carboxylic acids is 1. The zero-order chi connectivity index (χ0) is 13.9. The van der Waals surface area contributed by atoms with E-state index < -0.39 is 0 Å². The van der Waals surface area contributed by atoms with E-state index in [9.17, 15) is 4.79 Å². The van der Waals surface area contributed by atoms with E-state index in [-0.39, 0.29) is 11.4 Å². The van der Waals surface area contributed by atoms with Crippen LogP contribution in [0.25, 0.3) is 0 Å². The van der Waals surface area contributed by atoms with Gasteiger partial charge >= 0.3 is 0 Å². The second-order valence-corrected chi connectivity index (χ2v) is 6.02. The topological polar surface area (TPSA) is 63.1 Å². The number of nitrogens with one attached hydrogen (secondary N) is 1. The van der Waals surface area contributed by atoms with E-state index in [2.05, 4.69) is 36.4 Å². The summed E-state index contributed by atoms with van der Waals surface area (Å²) in [4.78, 5) is 13.7. The average Bonchev–Trinajstić information content (AvgIpc) is 2.99. The molecule has 6 heteroatoms.